The van der Waals surface area contributed by atoms with E-state index in [-0.39, 0.29) is 17.6 Å². The summed E-state index contributed by atoms with van der Waals surface area (Å²) in [6, 6.07) is 0.223. The topological polar surface area (TPSA) is 41.6 Å². The number of likely N-dealkylation sites (N-methyl/N-ethyl adjacent to an activating group) is 1. The van der Waals surface area contributed by atoms with Gasteiger partial charge < -0.3 is 10.1 Å². The first-order valence-electron chi connectivity index (χ1n) is 4.97. The van der Waals surface area contributed by atoms with Crippen molar-refractivity contribution in [2.24, 2.45) is 0 Å². The van der Waals surface area contributed by atoms with E-state index in [0.29, 0.717) is 6.42 Å². The third-order valence-electron chi connectivity index (χ3n) is 2.99. The van der Waals surface area contributed by atoms with Gasteiger partial charge in [-0.25, -0.2) is 0 Å². The molecule has 1 atom stereocenters. The van der Waals surface area contributed by atoms with E-state index in [9.17, 15) is 4.79 Å². The molecule has 1 unspecified atom stereocenters. The molecule has 1 N–H and O–H groups in total. The molecule has 0 aromatic rings. The highest BCUT2D eigenvalue weighted by molar-refractivity contribution is 5.69. The van der Waals surface area contributed by atoms with Gasteiger partial charge in [0.25, 0.3) is 0 Å². The maximum absolute atomic E-state index is 11.1. The minimum Gasteiger partial charge on any atom is -0.469 e. The maximum atomic E-state index is 11.1. The zero-order valence-electron chi connectivity index (χ0n) is 9.46. The Morgan fingerprint density at radius 3 is 2.79 bits per heavy atom. The number of nitrogens with zero attached hydrogens (tertiary/aromatic N) is 1. The molecule has 0 aromatic heterocycles. The fourth-order valence-corrected chi connectivity index (χ4v) is 1.59. The van der Waals surface area contributed by atoms with Crippen molar-refractivity contribution in [3.63, 3.8) is 0 Å². The van der Waals surface area contributed by atoms with Crippen molar-refractivity contribution in [3.05, 3.63) is 0 Å². The Hall–Kier alpha value is -0.610. The lowest BCUT2D eigenvalue weighted by atomic mass is 9.97. The Balaban J connectivity index is 2.43. The maximum Gasteiger partial charge on any atom is 0.307 e. The number of esters is 1. The summed E-state index contributed by atoms with van der Waals surface area (Å²) in [5.41, 5.74) is 0.173. The molecule has 0 bridgehead atoms. The first-order chi connectivity index (χ1) is 6.45. The number of carbonyl (C=O) groups excluding carboxylic acids is 1. The van der Waals surface area contributed by atoms with Gasteiger partial charge in [0.1, 0.15) is 0 Å². The number of methoxy groups -OCH3 is 1. The predicted molar refractivity (Wildman–Crippen MR) is 55.1 cm³/mol. The molecule has 0 aliphatic carbocycles. The Morgan fingerprint density at radius 2 is 2.29 bits per heavy atom. The lowest BCUT2D eigenvalue weighted by Gasteiger charge is -2.43. The van der Waals surface area contributed by atoms with Crippen molar-refractivity contribution in [2.75, 3.05) is 27.2 Å². The summed E-state index contributed by atoms with van der Waals surface area (Å²) in [7, 11) is 3.52. The van der Waals surface area contributed by atoms with Gasteiger partial charge in [-0.1, -0.05) is 0 Å². The molecule has 1 rings (SSSR count). The van der Waals surface area contributed by atoms with Crippen LogP contribution in [0.1, 0.15) is 20.3 Å². The molecule has 4 nitrogen and oxygen atoms in total. The average molecular weight is 200 g/mol. The highest BCUT2D eigenvalue weighted by Gasteiger charge is 2.31. The smallest absolute Gasteiger partial charge is 0.307 e. The van der Waals surface area contributed by atoms with Crippen LogP contribution >= 0.6 is 0 Å². The molecule has 1 fully saturated rings. The molecular formula is C10H20N2O2. The first-order valence-corrected chi connectivity index (χ1v) is 4.97. The lowest BCUT2D eigenvalue weighted by Crippen LogP contribution is -2.60. The Labute approximate surface area is 85.6 Å². The van der Waals surface area contributed by atoms with Crippen molar-refractivity contribution in [3.8, 4) is 0 Å². The second-order valence-electron chi connectivity index (χ2n) is 4.55. The summed E-state index contributed by atoms with van der Waals surface area (Å²) in [5, 5.41) is 3.36. The number of ether oxygens (including phenoxy) is 1. The first kappa shape index (κ1) is 11.5. The number of carbonyl (C=O) groups is 1. The van der Waals surface area contributed by atoms with Gasteiger partial charge in [-0.2, -0.15) is 0 Å². The quantitative estimate of drug-likeness (QED) is 0.648. The molecule has 4 heteroatoms. The van der Waals surface area contributed by atoms with Crippen LogP contribution < -0.4 is 5.32 Å². The second-order valence-corrected chi connectivity index (χ2v) is 4.55. The Morgan fingerprint density at radius 1 is 1.64 bits per heavy atom. The van der Waals surface area contributed by atoms with Crippen LogP contribution in [0.2, 0.25) is 0 Å². The molecule has 1 heterocycles. The predicted octanol–water partition coefficient (Wildman–Crippen LogP) is 0.232. The second kappa shape index (κ2) is 4.28. The van der Waals surface area contributed by atoms with Gasteiger partial charge in [0.05, 0.1) is 13.5 Å². The average Bonchev–Trinajstić information content (AvgIpc) is 2.12. The van der Waals surface area contributed by atoms with Gasteiger partial charge in [-0.15, -0.1) is 0 Å². The van der Waals surface area contributed by atoms with Crippen molar-refractivity contribution in [2.45, 2.75) is 31.8 Å². The van der Waals surface area contributed by atoms with E-state index in [4.69, 9.17) is 0 Å². The van der Waals surface area contributed by atoms with Crippen LogP contribution in [-0.4, -0.2) is 49.7 Å². The molecule has 0 spiro atoms. The summed E-state index contributed by atoms with van der Waals surface area (Å²) in [6.07, 6.45) is 0.455. The molecule has 1 saturated heterocycles. The minimum atomic E-state index is -0.143. The summed E-state index contributed by atoms with van der Waals surface area (Å²) in [5.74, 6) is -0.143. The minimum absolute atomic E-state index is 0.143. The number of nitrogens with one attached hydrogen (secondary N) is 1. The summed E-state index contributed by atoms with van der Waals surface area (Å²) in [6.45, 7) is 6.18. The fourth-order valence-electron chi connectivity index (χ4n) is 1.59. The number of piperazine rings is 1. The van der Waals surface area contributed by atoms with Crippen LogP contribution in [0.5, 0.6) is 0 Å². The zero-order valence-corrected chi connectivity index (χ0v) is 9.46. The van der Waals surface area contributed by atoms with Crippen LogP contribution in [0.15, 0.2) is 0 Å². The van der Waals surface area contributed by atoms with E-state index in [1.54, 1.807) is 0 Å². The van der Waals surface area contributed by atoms with Crippen molar-refractivity contribution < 1.29 is 9.53 Å². The third-order valence-corrected chi connectivity index (χ3v) is 2.99. The number of rotatable bonds is 2. The highest BCUT2D eigenvalue weighted by Crippen LogP contribution is 2.17. The van der Waals surface area contributed by atoms with E-state index >= 15 is 0 Å². The fraction of sp³-hybridized carbons (Fsp3) is 0.900. The lowest BCUT2D eigenvalue weighted by molar-refractivity contribution is -0.141. The van der Waals surface area contributed by atoms with Crippen LogP contribution in [0.3, 0.4) is 0 Å². The normalized spacial score (nSPS) is 27.3. The van der Waals surface area contributed by atoms with Gasteiger partial charge in [0, 0.05) is 24.7 Å². The van der Waals surface area contributed by atoms with E-state index < -0.39 is 0 Å². The van der Waals surface area contributed by atoms with Crippen molar-refractivity contribution in [1.82, 2.24) is 10.2 Å². The Bertz CT molecular complexity index is 216. The highest BCUT2D eigenvalue weighted by atomic mass is 16.5. The van der Waals surface area contributed by atoms with Gasteiger partial charge in [0.15, 0.2) is 0 Å². The molecule has 1 aliphatic rings. The van der Waals surface area contributed by atoms with E-state index in [2.05, 4.69) is 35.8 Å². The molecule has 0 saturated carbocycles. The van der Waals surface area contributed by atoms with Gasteiger partial charge in [-0.3, -0.25) is 9.69 Å². The van der Waals surface area contributed by atoms with Gasteiger partial charge in [-0.05, 0) is 20.9 Å². The standard InChI is InChI=1S/C10H20N2O2/c1-10(2)7-11-8(6-12(10)3)5-9(13)14-4/h8,11H,5-7H2,1-4H3. The van der Waals surface area contributed by atoms with Crippen molar-refractivity contribution in [1.29, 1.82) is 0 Å². The molecule has 1 aliphatic heterocycles. The largest absolute Gasteiger partial charge is 0.469 e. The van der Waals surface area contributed by atoms with Crippen molar-refractivity contribution >= 4 is 5.97 Å². The van der Waals surface area contributed by atoms with E-state index in [1.807, 2.05) is 0 Å². The third kappa shape index (κ3) is 2.69. The van der Waals surface area contributed by atoms with Crippen LogP contribution in [-0.2, 0) is 9.53 Å². The van der Waals surface area contributed by atoms with Crippen LogP contribution in [0.4, 0.5) is 0 Å². The molecule has 14 heavy (non-hydrogen) atoms. The molecular weight excluding hydrogens is 180 g/mol. The number of hydrogen-bond donors (Lipinski definition) is 1. The molecule has 0 aromatic carbocycles. The monoisotopic (exact) mass is 200 g/mol. The molecule has 0 radical (unpaired) electrons. The van der Waals surface area contributed by atoms with Crippen LogP contribution in [0.25, 0.3) is 0 Å². The SMILES string of the molecule is COC(=O)CC1CN(C)C(C)(C)CN1. The van der Waals surface area contributed by atoms with Crippen LogP contribution in [0, 0.1) is 0 Å². The summed E-state index contributed by atoms with van der Waals surface area (Å²) < 4.78 is 4.64. The Kier molecular flexibility index (Phi) is 3.50. The van der Waals surface area contributed by atoms with E-state index in [1.165, 1.54) is 7.11 Å². The zero-order chi connectivity index (χ0) is 10.8. The van der Waals surface area contributed by atoms with E-state index in [0.717, 1.165) is 13.1 Å². The molecule has 82 valence electrons. The van der Waals surface area contributed by atoms with Gasteiger partial charge >= 0.3 is 5.97 Å². The summed E-state index contributed by atoms with van der Waals surface area (Å²) >= 11 is 0. The molecule has 0 amide bonds. The number of hydrogen-bond acceptors (Lipinski definition) is 4. The van der Waals surface area contributed by atoms with Gasteiger partial charge in [0.2, 0.25) is 0 Å². The summed E-state index contributed by atoms with van der Waals surface area (Å²) in [4.78, 5) is 13.3.